The maximum absolute atomic E-state index is 11.8. The molecule has 0 unspecified atom stereocenters. The highest BCUT2D eigenvalue weighted by Crippen LogP contribution is 2.08. The van der Waals surface area contributed by atoms with E-state index in [0.717, 1.165) is 39.3 Å². The molecule has 1 aromatic rings. The van der Waals surface area contributed by atoms with Crippen molar-refractivity contribution in [3.8, 4) is 0 Å². The number of aryl methyl sites for hydroxylation is 1. The first-order chi connectivity index (χ1) is 9.67. The number of aliphatic hydroxyl groups excluding tert-OH is 1. The van der Waals surface area contributed by atoms with Crippen molar-refractivity contribution in [1.82, 2.24) is 15.0 Å². The summed E-state index contributed by atoms with van der Waals surface area (Å²) in [5.41, 5.74) is 0. The number of hydrogen-bond acceptors (Lipinski definition) is 6. The highest BCUT2D eigenvalue weighted by Gasteiger charge is 2.17. The van der Waals surface area contributed by atoms with Gasteiger partial charge in [-0.3, -0.25) is 9.69 Å². The molecule has 0 aromatic carbocycles. The minimum Gasteiger partial charge on any atom is -0.395 e. The number of carbonyl (C=O) groups is 1. The van der Waals surface area contributed by atoms with Crippen LogP contribution in [0.3, 0.4) is 0 Å². The van der Waals surface area contributed by atoms with Gasteiger partial charge in [0.1, 0.15) is 5.76 Å². The minimum atomic E-state index is -0.0453. The molecular weight excluding hydrogens is 260 g/mol. The molecule has 1 aliphatic heterocycles. The number of carbonyl (C=O) groups excluding carboxylic acids is 1. The van der Waals surface area contributed by atoms with Crippen molar-refractivity contribution in [2.45, 2.75) is 13.3 Å². The summed E-state index contributed by atoms with van der Waals surface area (Å²) < 4.78 is 4.89. The Morgan fingerprint density at radius 1 is 1.35 bits per heavy atom. The van der Waals surface area contributed by atoms with Crippen LogP contribution in [0, 0.1) is 6.92 Å². The van der Waals surface area contributed by atoms with Crippen LogP contribution in [0.2, 0.25) is 0 Å². The number of hydrogen-bond donors (Lipinski definition) is 2. The van der Waals surface area contributed by atoms with Crippen molar-refractivity contribution >= 4 is 11.7 Å². The van der Waals surface area contributed by atoms with Gasteiger partial charge < -0.3 is 19.8 Å². The zero-order valence-corrected chi connectivity index (χ0v) is 11.8. The Morgan fingerprint density at radius 2 is 2.00 bits per heavy atom. The Hall–Kier alpha value is -1.44. The number of aliphatic hydroxyl groups is 1. The fraction of sp³-hybridized carbons (Fsp3) is 0.692. The Labute approximate surface area is 118 Å². The van der Waals surface area contributed by atoms with E-state index in [1.54, 1.807) is 13.0 Å². The van der Waals surface area contributed by atoms with E-state index in [1.807, 2.05) is 0 Å². The Morgan fingerprint density at radius 3 is 2.55 bits per heavy atom. The predicted molar refractivity (Wildman–Crippen MR) is 74.5 cm³/mol. The smallest absolute Gasteiger partial charge is 0.226 e. The van der Waals surface area contributed by atoms with Gasteiger partial charge in [-0.05, 0) is 6.92 Å². The molecule has 0 bridgehead atoms. The first kappa shape index (κ1) is 15.0. The van der Waals surface area contributed by atoms with Crippen LogP contribution in [0.15, 0.2) is 10.6 Å². The number of rotatable bonds is 6. The SMILES string of the molecule is Cc1cc(NC(=O)CCN2CCN(CCO)CC2)no1. The summed E-state index contributed by atoms with van der Waals surface area (Å²) in [7, 11) is 0. The van der Waals surface area contributed by atoms with Crippen LogP contribution in [0.5, 0.6) is 0 Å². The second-order valence-corrected chi connectivity index (χ2v) is 5.03. The quantitative estimate of drug-likeness (QED) is 0.759. The summed E-state index contributed by atoms with van der Waals surface area (Å²) in [4.78, 5) is 16.3. The van der Waals surface area contributed by atoms with Crippen LogP contribution >= 0.6 is 0 Å². The molecule has 20 heavy (non-hydrogen) atoms. The molecule has 1 fully saturated rings. The van der Waals surface area contributed by atoms with Gasteiger partial charge >= 0.3 is 0 Å². The van der Waals surface area contributed by atoms with E-state index < -0.39 is 0 Å². The molecule has 0 spiro atoms. The lowest BCUT2D eigenvalue weighted by Crippen LogP contribution is -2.47. The molecule has 0 radical (unpaired) electrons. The fourth-order valence-electron chi connectivity index (χ4n) is 2.27. The molecule has 1 amide bonds. The van der Waals surface area contributed by atoms with Crippen LogP contribution in [-0.4, -0.2) is 71.8 Å². The molecule has 2 heterocycles. The average molecular weight is 282 g/mol. The van der Waals surface area contributed by atoms with Crippen molar-refractivity contribution in [2.75, 3.05) is 51.2 Å². The molecule has 7 heteroatoms. The predicted octanol–water partition coefficient (Wildman–Crippen LogP) is -0.0785. The number of nitrogens with one attached hydrogen (secondary N) is 1. The third-order valence-electron chi connectivity index (χ3n) is 3.43. The number of amides is 1. The summed E-state index contributed by atoms with van der Waals surface area (Å²) in [6, 6.07) is 1.70. The summed E-state index contributed by atoms with van der Waals surface area (Å²) in [5.74, 6) is 1.11. The molecule has 7 nitrogen and oxygen atoms in total. The van der Waals surface area contributed by atoms with Gasteiger partial charge in [-0.1, -0.05) is 5.16 Å². The van der Waals surface area contributed by atoms with Crippen molar-refractivity contribution in [3.05, 3.63) is 11.8 Å². The third kappa shape index (κ3) is 4.59. The maximum atomic E-state index is 11.8. The Balaban J connectivity index is 1.64. The van der Waals surface area contributed by atoms with E-state index in [4.69, 9.17) is 9.63 Å². The van der Waals surface area contributed by atoms with Crippen LogP contribution in [0.1, 0.15) is 12.2 Å². The molecule has 1 aliphatic rings. The van der Waals surface area contributed by atoms with Crippen LogP contribution in [-0.2, 0) is 4.79 Å². The second-order valence-electron chi connectivity index (χ2n) is 5.03. The Bertz CT molecular complexity index is 427. The fourth-order valence-corrected chi connectivity index (χ4v) is 2.27. The van der Waals surface area contributed by atoms with E-state index >= 15 is 0 Å². The van der Waals surface area contributed by atoms with E-state index in [2.05, 4.69) is 20.3 Å². The summed E-state index contributed by atoms with van der Waals surface area (Å²) in [6.07, 6.45) is 0.450. The van der Waals surface area contributed by atoms with Crippen molar-refractivity contribution in [2.24, 2.45) is 0 Å². The molecule has 112 valence electrons. The van der Waals surface area contributed by atoms with Gasteiger partial charge in [-0.25, -0.2) is 0 Å². The second kappa shape index (κ2) is 7.37. The zero-order valence-electron chi connectivity index (χ0n) is 11.8. The number of nitrogens with zero attached hydrogens (tertiary/aromatic N) is 3. The van der Waals surface area contributed by atoms with Crippen molar-refractivity contribution < 1.29 is 14.4 Å². The van der Waals surface area contributed by atoms with Gasteiger partial charge in [0, 0.05) is 51.8 Å². The van der Waals surface area contributed by atoms with Gasteiger partial charge in [-0.2, -0.15) is 0 Å². The van der Waals surface area contributed by atoms with E-state index in [1.165, 1.54) is 0 Å². The van der Waals surface area contributed by atoms with E-state index in [0.29, 0.717) is 18.0 Å². The molecule has 0 atom stereocenters. The molecular formula is C13H22N4O3. The zero-order chi connectivity index (χ0) is 14.4. The molecule has 1 saturated heterocycles. The number of piperazine rings is 1. The van der Waals surface area contributed by atoms with Crippen LogP contribution in [0.25, 0.3) is 0 Å². The topological polar surface area (TPSA) is 81.8 Å². The normalized spacial score (nSPS) is 17.3. The van der Waals surface area contributed by atoms with Crippen molar-refractivity contribution in [3.63, 3.8) is 0 Å². The van der Waals surface area contributed by atoms with Gasteiger partial charge in [-0.15, -0.1) is 0 Å². The monoisotopic (exact) mass is 282 g/mol. The number of β-amino-alcohol motifs (C(OH)–C–C–N with tert-alkyl or cyclic N) is 1. The van der Waals surface area contributed by atoms with Gasteiger partial charge in [0.05, 0.1) is 6.61 Å². The van der Waals surface area contributed by atoms with E-state index in [9.17, 15) is 4.79 Å². The Kier molecular flexibility index (Phi) is 5.51. The minimum absolute atomic E-state index is 0.0453. The lowest BCUT2D eigenvalue weighted by molar-refractivity contribution is -0.116. The lowest BCUT2D eigenvalue weighted by atomic mass is 10.3. The summed E-state index contributed by atoms with van der Waals surface area (Å²) in [6.45, 7) is 7.26. The highest BCUT2D eigenvalue weighted by atomic mass is 16.5. The molecule has 1 aromatic heterocycles. The first-order valence-electron chi connectivity index (χ1n) is 6.96. The molecule has 2 N–H and O–H groups in total. The van der Waals surface area contributed by atoms with Crippen LogP contribution < -0.4 is 5.32 Å². The van der Waals surface area contributed by atoms with Crippen molar-refractivity contribution in [1.29, 1.82) is 0 Å². The molecule has 0 aliphatic carbocycles. The first-order valence-corrected chi connectivity index (χ1v) is 6.96. The summed E-state index contributed by atoms with van der Waals surface area (Å²) >= 11 is 0. The lowest BCUT2D eigenvalue weighted by Gasteiger charge is -2.34. The largest absolute Gasteiger partial charge is 0.395 e. The number of aromatic nitrogens is 1. The average Bonchev–Trinajstić information content (AvgIpc) is 2.84. The maximum Gasteiger partial charge on any atom is 0.226 e. The molecule has 2 rings (SSSR count). The van der Waals surface area contributed by atoms with Gasteiger partial charge in [0.2, 0.25) is 5.91 Å². The molecule has 0 saturated carbocycles. The number of anilines is 1. The van der Waals surface area contributed by atoms with Gasteiger partial charge in [0.25, 0.3) is 0 Å². The summed E-state index contributed by atoms with van der Waals surface area (Å²) in [5, 5.41) is 15.3. The third-order valence-corrected chi connectivity index (χ3v) is 3.43. The van der Waals surface area contributed by atoms with E-state index in [-0.39, 0.29) is 12.5 Å². The van der Waals surface area contributed by atoms with Gasteiger partial charge in [0.15, 0.2) is 5.82 Å². The standard InChI is InChI=1S/C13H22N4O3/c1-11-10-12(15-20-11)14-13(19)2-3-16-4-6-17(7-5-16)8-9-18/h10,18H,2-9H2,1H3,(H,14,15,19). The highest BCUT2D eigenvalue weighted by molar-refractivity contribution is 5.89. The van der Waals surface area contributed by atoms with Crippen LogP contribution in [0.4, 0.5) is 5.82 Å².